The summed E-state index contributed by atoms with van der Waals surface area (Å²) in [7, 11) is 2.07. The predicted molar refractivity (Wildman–Crippen MR) is 102 cm³/mol. The second-order valence-electron chi connectivity index (χ2n) is 6.18. The zero-order valence-corrected chi connectivity index (χ0v) is 15.7. The molecule has 0 bridgehead atoms. The molecule has 4 nitrogen and oxygen atoms in total. The van der Waals surface area contributed by atoms with Crippen LogP contribution in [0.1, 0.15) is 29.5 Å². The van der Waals surface area contributed by atoms with E-state index in [2.05, 4.69) is 23.3 Å². The van der Waals surface area contributed by atoms with Gasteiger partial charge in [-0.3, -0.25) is 5.32 Å². The van der Waals surface area contributed by atoms with E-state index in [9.17, 15) is 4.79 Å². The summed E-state index contributed by atoms with van der Waals surface area (Å²) in [4.78, 5) is 13.9. The van der Waals surface area contributed by atoms with Gasteiger partial charge in [0.25, 0.3) is 0 Å². The summed E-state index contributed by atoms with van der Waals surface area (Å²) < 4.78 is 4.94. The monoisotopic (exact) mass is 378 g/mol. The second kappa shape index (κ2) is 7.65. The SMILES string of the molecule is CCOC(=O)Nc1cccc(C2CN(C)Cc3c(Cl)cc(Cl)cc32)c1. The molecule has 1 aliphatic heterocycles. The van der Waals surface area contributed by atoms with Gasteiger partial charge in [0.15, 0.2) is 0 Å². The van der Waals surface area contributed by atoms with Gasteiger partial charge in [0.2, 0.25) is 0 Å². The van der Waals surface area contributed by atoms with Gasteiger partial charge >= 0.3 is 6.09 Å². The highest BCUT2D eigenvalue weighted by Crippen LogP contribution is 2.38. The molecule has 1 amide bonds. The molecule has 0 aromatic heterocycles. The Bertz CT molecular complexity index is 795. The van der Waals surface area contributed by atoms with Gasteiger partial charge in [-0.25, -0.2) is 4.79 Å². The molecule has 25 heavy (non-hydrogen) atoms. The number of hydrogen-bond donors (Lipinski definition) is 1. The molecule has 1 aliphatic rings. The number of amides is 1. The van der Waals surface area contributed by atoms with Crippen LogP contribution in [0.15, 0.2) is 36.4 Å². The normalized spacial score (nSPS) is 17.0. The number of halogens is 2. The van der Waals surface area contributed by atoms with Crippen LogP contribution in [0.25, 0.3) is 0 Å². The standard InChI is InChI=1S/C19H20Cl2N2O2/c1-3-25-19(24)22-14-6-4-5-12(7-14)16-10-23(2)11-17-15(16)8-13(20)9-18(17)21/h4-9,16H,3,10-11H2,1-2H3,(H,22,24). The summed E-state index contributed by atoms with van der Waals surface area (Å²) in [6.45, 7) is 3.76. The lowest BCUT2D eigenvalue weighted by molar-refractivity contribution is 0.168. The van der Waals surface area contributed by atoms with E-state index in [0.29, 0.717) is 22.3 Å². The maximum Gasteiger partial charge on any atom is 0.411 e. The lowest BCUT2D eigenvalue weighted by Crippen LogP contribution is -2.31. The third-order valence-corrected chi connectivity index (χ3v) is 4.86. The zero-order valence-electron chi connectivity index (χ0n) is 14.2. The molecule has 2 aromatic carbocycles. The molecule has 0 saturated heterocycles. The van der Waals surface area contributed by atoms with Crippen molar-refractivity contribution in [1.29, 1.82) is 0 Å². The van der Waals surface area contributed by atoms with E-state index in [0.717, 1.165) is 29.8 Å². The molecular weight excluding hydrogens is 359 g/mol. The van der Waals surface area contributed by atoms with Crippen LogP contribution in [0, 0.1) is 0 Å². The fourth-order valence-corrected chi connectivity index (χ4v) is 3.82. The van der Waals surface area contributed by atoms with Gasteiger partial charge in [0, 0.05) is 34.7 Å². The highest BCUT2D eigenvalue weighted by molar-refractivity contribution is 6.35. The predicted octanol–water partition coefficient (Wildman–Crippen LogP) is 5.14. The number of carbonyl (C=O) groups excluding carboxylic acids is 1. The van der Waals surface area contributed by atoms with Gasteiger partial charge in [0.1, 0.15) is 0 Å². The van der Waals surface area contributed by atoms with Crippen molar-refractivity contribution < 1.29 is 9.53 Å². The first-order chi connectivity index (χ1) is 12.0. The van der Waals surface area contributed by atoms with Crippen LogP contribution < -0.4 is 5.32 Å². The number of anilines is 1. The highest BCUT2D eigenvalue weighted by Gasteiger charge is 2.27. The number of likely N-dealkylation sites (N-methyl/N-ethyl adjacent to an activating group) is 1. The van der Waals surface area contributed by atoms with Crippen LogP contribution in [0.2, 0.25) is 10.0 Å². The largest absolute Gasteiger partial charge is 0.450 e. The molecule has 0 aliphatic carbocycles. The molecule has 1 N–H and O–H groups in total. The molecule has 0 fully saturated rings. The second-order valence-corrected chi connectivity index (χ2v) is 7.02. The van der Waals surface area contributed by atoms with E-state index in [4.69, 9.17) is 27.9 Å². The van der Waals surface area contributed by atoms with Crippen molar-refractivity contribution in [3.05, 3.63) is 63.1 Å². The van der Waals surface area contributed by atoms with Gasteiger partial charge in [-0.15, -0.1) is 0 Å². The van der Waals surface area contributed by atoms with Crippen LogP contribution in [0.5, 0.6) is 0 Å². The van der Waals surface area contributed by atoms with Crippen LogP contribution in [-0.4, -0.2) is 31.2 Å². The van der Waals surface area contributed by atoms with Crippen LogP contribution in [0.4, 0.5) is 10.5 Å². The number of fused-ring (bicyclic) bond motifs is 1. The van der Waals surface area contributed by atoms with E-state index in [-0.39, 0.29) is 5.92 Å². The van der Waals surface area contributed by atoms with Crippen molar-refractivity contribution in [1.82, 2.24) is 4.90 Å². The van der Waals surface area contributed by atoms with Gasteiger partial charge < -0.3 is 9.64 Å². The molecule has 0 saturated carbocycles. The van der Waals surface area contributed by atoms with Gasteiger partial charge in [-0.05, 0) is 54.9 Å². The lowest BCUT2D eigenvalue weighted by Gasteiger charge is -2.33. The zero-order chi connectivity index (χ0) is 18.0. The Morgan fingerprint density at radius 2 is 2.12 bits per heavy atom. The molecule has 132 valence electrons. The quantitative estimate of drug-likeness (QED) is 0.803. The fourth-order valence-electron chi connectivity index (χ4n) is 3.25. The minimum atomic E-state index is -0.452. The van der Waals surface area contributed by atoms with Gasteiger partial charge in [-0.1, -0.05) is 35.3 Å². The molecule has 1 unspecified atom stereocenters. The first-order valence-corrected chi connectivity index (χ1v) is 8.93. The first-order valence-electron chi connectivity index (χ1n) is 8.18. The molecule has 2 aromatic rings. The van der Waals surface area contributed by atoms with Crippen molar-refractivity contribution >= 4 is 35.0 Å². The molecule has 3 rings (SSSR count). The maximum atomic E-state index is 11.7. The number of nitrogens with one attached hydrogen (secondary N) is 1. The van der Waals surface area contributed by atoms with Crippen LogP contribution >= 0.6 is 23.2 Å². The average Bonchev–Trinajstić information content (AvgIpc) is 2.55. The van der Waals surface area contributed by atoms with Gasteiger partial charge in [0.05, 0.1) is 6.61 Å². The number of hydrogen-bond acceptors (Lipinski definition) is 3. The maximum absolute atomic E-state index is 11.7. The van der Waals surface area contributed by atoms with Crippen molar-refractivity contribution in [2.75, 3.05) is 25.5 Å². The summed E-state index contributed by atoms with van der Waals surface area (Å²) in [5.41, 5.74) is 4.05. The molecule has 0 spiro atoms. The molecular formula is C19H20Cl2N2O2. The summed E-state index contributed by atoms with van der Waals surface area (Å²) in [5.74, 6) is 0.133. The van der Waals surface area contributed by atoms with Crippen LogP contribution in [0.3, 0.4) is 0 Å². The third-order valence-electron chi connectivity index (χ3n) is 4.30. The number of rotatable bonds is 3. The van der Waals surface area contributed by atoms with E-state index in [1.807, 2.05) is 24.3 Å². The Hall–Kier alpha value is -1.75. The Balaban J connectivity index is 1.96. The Labute approximate surface area is 157 Å². The van der Waals surface area contributed by atoms with Crippen LogP contribution in [-0.2, 0) is 11.3 Å². The fraction of sp³-hybridized carbons (Fsp3) is 0.316. The number of ether oxygens (including phenoxy) is 1. The third kappa shape index (κ3) is 4.09. The van der Waals surface area contributed by atoms with Crippen molar-refractivity contribution in [3.8, 4) is 0 Å². The summed E-state index contributed by atoms with van der Waals surface area (Å²) in [6.07, 6.45) is -0.452. The molecule has 6 heteroatoms. The smallest absolute Gasteiger partial charge is 0.411 e. The number of carbonyl (C=O) groups is 1. The topological polar surface area (TPSA) is 41.6 Å². The Kier molecular flexibility index (Phi) is 5.52. The summed E-state index contributed by atoms with van der Waals surface area (Å²) in [5, 5.41) is 4.09. The Morgan fingerprint density at radius 3 is 2.88 bits per heavy atom. The van der Waals surface area contributed by atoms with E-state index in [1.54, 1.807) is 13.0 Å². The first kappa shape index (κ1) is 18.1. The van der Waals surface area contributed by atoms with Gasteiger partial charge in [-0.2, -0.15) is 0 Å². The molecule has 0 radical (unpaired) electrons. The molecule has 1 heterocycles. The lowest BCUT2D eigenvalue weighted by atomic mass is 9.84. The van der Waals surface area contributed by atoms with Crippen molar-refractivity contribution in [2.24, 2.45) is 0 Å². The summed E-state index contributed by atoms with van der Waals surface area (Å²) in [6, 6.07) is 11.6. The highest BCUT2D eigenvalue weighted by atomic mass is 35.5. The van der Waals surface area contributed by atoms with Crippen molar-refractivity contribution in [3.63, 3.8) is 0 Å². The Morgan fingerprint density at radius 1 is 1.32 bits per heavy atom. The van der Waals surface area contributed by atoms with E-state index >= 15 is 0 Å². The van der Waals surface area contributed by atoms with Crippen molar-refractivity contribution in [2.45, 2.75) is 19.4 Å². The average molecular weight is 379 g/mol. The number of nitrogens with zero attached hydrogens (tertiary/aromatic N) is 1. The molecule has 1 atom stereocenters. The summed E-state index contributed by atoms with van der Waals surface area (Å²) >= 11 is 12.7. The van der Waals surface area contributed by atoms with E-state index in [1.165, 1.54) is 0 Å². The minimum absolute atomic E-state index is 0.133. The van der Waals surface area contributed by atoms with E-state index < -0.39 is 6.09 Å². The number of benzene rings is 2. The minimum Gasteiger partial charge on any atom is -0.450 e.